The van der Waals surface area contributed by atoms with Crippen molar-refractivity contribution in [3.63, 3.8) is 0 Å². The number of aromatic nitrogens is 2. The van der Waals surface area contributed by atoms with E-state index in [1.54, 1.807) is 25.2 Å². The minimum Gasteiger partial charge on any atom is -0.433 e. The number of alkyl halides is 2. The predicted molar refractivity (Wildman–Crippen MR) is 126 cm³/mol. The van der Waals surface area contributed by atoms with Crippen LogP contribution in [0.2, 0.25) is 0 Å². The third-order valence-corrected chi connectivity index (χ3v) is 4.81. The zero-order valence-electron chi connectivity index (χ0n) is 17.8. The van der Waals surface area contributed by atoms with E-state index in [0.717, 1.165) is 13.0 Å². The maximum absolute atomic E-state index is 12.7. The molecule has 8 nitrogen and oxygen atoms in total. The molecule has 1 atom stereocenters. The molecule has 1 unspecified atom stereocenters. The third-order valence-electron chi connectivity index (χ3n) is 4.81. The average molecular weight is 550 g/mol. The van der Waals surface area contributed by atoms with Crippen LogP contribution in [0.15, 0.2) is 33.8 Å². The fraction of sp³-hybridized carbons (Fsp3) is 0.550. The number of nitrogens with one attached hydrogen (secondary N) is 2. The molecule has 1 aliphatic heterocycles. The first-order chi connectivity index (χ1) is 14.5. The number of guanidine groups is 1. The quantitative estimate of drug-likeness (QED) is 0.296. The van der Waals surface area contributed by atoms with Gasteiger partial charge in [0.2, 0.25) is 5.89 Å². The fourth-order valence-electron chi connectivity index (χ4n) is 3.29. The Morgan fingerprint density at radius 1 is 1.35 bits per heavy atom. The van der Waals surface area contributed by atoms with Crippen molar-refractivity contribution in [2.45, 2.75) is 45.3 Å². The molecule has 1 aromatic carbocycles. The molecule has 3 rings (SSSR count). The molecule has 1 aliphatic rings. The van der Waals surface area contributed by atoms with Gasteiger partial charge in [-0.3, -0.25) is 4.99 Å². The van der Waals surface area contributed by atoms with E-state index < -0.39 is 6.61 Å². The Morgan fingerprint density at radius 2 is 2.13 bits per heavy atom. The zero-order chi connectivity index (χ0) is 21.5. The second-order valence-electron chi connectivity index (χ2n) is 7.37. The van der Waals surface area contributed by atoms with Crippen LogP contribution in [-0.4, -0.2) is 55.4 Å². The minimum absolute atomic E-state index is 0. The molecule has 0 spiro atoms. The van der Waals surface area contributed by atoms with Crippen LogP contribution in [0.5, 0.6) is 5.75 Å². The van der Waals surface area contributed by atoms with Crippen LogP contribution in [-0.2, 0) is 6.42 Å². The lowest BCUT2D eigenvalue weighted by Gasteiger charge is -2.22. The SMILES string of the molecule is CN=C(NCCc1nc(C(C)C)no1)NC1CCN(c2ccccc2OC(F)F)C1.I. The Labute approximate surface area is 197 Å². The first kappa shape index (κ1) is 25.1. The smallest absolute Gasteiger partial charge is 0.387 e. The Hall–Kier alpha value is -2.18. The lowest BCUT2D eigenvalue weighted by Crippen LogP contribution is -2.45. The number of ether oxygens (including phenoxy) is 1. The van der Waals surface area contributed by atoms with E-state index in [2.05, 4.69) is 30.5 Å². The molecule has 172 valence electrons. The number of halogens is 3. The lowest BCUT2D eigenvalue weighted by molar-refractivity contribution is -0.0495. The molecule has 0 saturated carbocycles. The van der Waals surface area contributed by atoms with Crippen molar-refractivity contribution < 1.29 is 18.0 Å². The first-order valence-corrected chi connectivity index (χ1v) is 10.0. The van der Waals surface area contributed by atoms with Crippen LogP contribution in [0.1, 0.15) is 37.9 Å². The van der Waals surface area contributed by atoms with Crippen LogP contribution in [0.25, 0.3) is 0 Å². The van der Waals surface area contributed by atoms with Crippen LogP contribution in [0, 0.1) is 0 Å². The number of benzene rings is 1. The molecule has 0 aliphatic carbocycles. The van der Waals surface area contributed by atoms with Gasteiger partial charge < -0.3 is 24.8 Å². The molecule has 2 heterocycles. The summed E-state index contributed by atoms with van der Waals surface area (Å²) in [5.41, 5.74) is 0.669. The van der Waals surface area contributed by atoms with Gasteiger partial charge in [-0.1, -0.05) is 31.1 Å². The second kappa shape index (κ2) is 12.0. The summed E-state index contributed by atoms with van der Waals surface area (Å²) in [5.74, 6) is 2.38. The summed E-state index contributed by atoms with van der Waals surface area (Å²) in [6.07, 6.45) is 1.45. The molecule has 2 N–H and O–H groups in total. The van der Waals surface area contributed by atoms with Crippen molar-refractivity contribution in [1.82, 2.24) is 20.8 Å². The lowest BCUT2D eigenvalue weighted by atomic mass is 10.2. The molecular weight excluding hydrogens is 521 g/mol. The van der Waals surface area contributed by atoms with Gasteiger partial charge in [0.1, 0.15) is 5.75 Å². The number of para-hydroxylation sites is 2. The van der Waals surface area contributed by atoms with Crippen LogP contribution in [0.3, 0.4) is 0 Å². The number of hydrogen-bond acceptors (Lipinski definition) is 6. The Balaban J connectivity index is 0.00000341. The molecule has 0 radical (unpaired) electrons. The standard InChI is InChI=1S/C20H28F2N6O2.HI/c1-13(2)18-26-17(30-27-18)8-10-24-20(23-3)25-14-9-11-28(12-14)15-6-4-5-7-16(15)29-19(21)22;/h4-7,13-14,19H,8-12H2,1-3H3,(H2,23,24,25);1H. The third kappa shape index (κ3) is 7.18. The van der Waals surface area contributed by atoms with E-state index in [1.165, 1.54) is 0 Å². The molecule has 31 heavy (non-hydrogen) atoms. The zero-order valence-corrected chi connectivity index (χ0v) is 20.2. The van der Waals surface area contributed by atoms with Gasteiger partial charge in [-0.2, -0.15) is 13.8 Å². The topological polar surface area (TPSA) is 87.8 Å². The van der Waals surface area contributed by atoms with Crippen LogP contribution < -0.4 is 20.3 Å². The molecule has 11 heteroatoms. The number of rotatable bonds is 8. The molecular formula is C20H29F2IN6O2. The maximum atomic E-state index is 12.7. The highest BCUT2D eigenvalue weighted by molar-refractivity contribution is 14.0. The average Bonchev–Trinajstić information content (AvgIpc) is 3.37. The fourth-order valence-corrected chi connectivity index (χ4v) is 3.29. The molecule has 1 fully saturated rings. The normalized spacial score (nSPS) is 16.5. The van der Waals surface area contributed by atoms with Gasteiger partial charge in [-0.25, -0.2) is 0 Å². The van der Waals surface area contributed by atoms with Crippen LogP contribution >= 0.6 is 24.0 Å². The van der Waals surface area contributed by atoms with E-state index in [9.17, 15) is 8.78 Å². The molecule has 1 aromatic heterocycles. The summed E-state index contributed by atoms with van der Waals surface area (Å²) in [7, 11) is 1.71. The number of hydrogen-bond donors (Lipinski definition) is 2. The van der Waals surface area contributed by atoms with Gasteiger partial charge >= 0.3 is 6.61 Å². The van der Waals surface area contributed by atoms with Crippen molar-refractivity contribution >= 4 is 35.6 Å². The van der Waals surface area contributed by atoms with Crippen molar-refractivity contribution in [2.75, 3.05) is 31.6 Å². The summed E-state index contributed by atoms with van der Waals surface area (Å²) in [6, 6.07) is 6.99. The van der Waals surface area contributed by atoms with Crippen molar-refractivity contribution in [3.05, 3.63) is 36.0 Å². The van der Waals surface area contributed by atoms with E-state index in [0.29, 0.717) is 42.9 Å². The van der Waals surface area contributed by atoms with Gasteiger partial charge in [0, 0.05) is 45.1 Å². The minimum atomic E-state index is -2.85. The summed E-state index contributed by atoms with van der Waals surface area (Å²) >= 11 is 0. The highest BCUT2D eigenvalue weighted by Crippen LogP contribution is 2.31. The largest absolute Gasteiger partial charge is 0.433 e. The number of anilines is 1. The monoisotopic (exact) mass is 550 g/mol. The van der Waals surface area contributed by atoms with Gasteiger partial charge in [0.25, 0.3) is 0 Å². The van der Waals surface area contributed by atoms with Gasteiger partial charge in [-0.05, 0) is 18.6 Å². The summed E-state index contributed by atoms with van der Waals surface area (Å²) in [4.78, 5) is 10.7. The molecule has 0 amide bonds. The second-order valence-corrected chi connectivity index (χ2v) is 7.37. The van der Waals surface area contributed by atoms with Gasteiger partial charge in [-0.15, -0.1) is 24.0 Å². The summed E-state index contributed by atoms with van der Waals surface area (Å²) in [5, 5.41) is 10.6. The first-order valence-electron chi connectivity index (χ1n) is 10.0. The summed E-state index contributed by atoms with van der Waals surface area (Å²) < 4.78 is 35.2. The van der Waals surface area contributed by atoms with Crippen molar-refractivity contribution in [2.24, 2.45) is 4.99 Å². The Morgan fingerprint density at radius 3 is 2.81 bits per heavy atom. The molecule has 0 bridgehead atoms. The Bertz CT molecular complexity index is 849. The van der Waals surface area contributed by atoms with Crippen LogP contribution in [0.4, 0.5) is 14.5 Å². The highest BCUT2D eigenvalue weighted by atomic mass is 127. The molecule has 2 aromatic rings. The summed E-state index contributed by atoms with van der Waals surface area (Å²) in [6.45, 7) is 3.18. The number of aliphatic imine (C=N–C) groups is 1. The molecule has 1 saturated heterocycles. The van der Waals surface area contributed by atoms with E-state index in [-0.39, 0.29) is 41.7 Å². The van der Waals surface area contributed by atoms with E-state index in [1.807, 2.05) is 24.8 Å². The highest BCUT2D eigenvalue weighted by Gasteiger charge is 2.26. The van der Waals surface area contributed by atoms with Crippen molar-refractivity contribution in [3.8, 4) is 5.75 Å². The van der Waals surface area contributed by atoms with E-state index >= 15 is 0 Å². The Kier molecular flexibility index (Phi) is 9.72. The van der Waals surface area contributed by atoms with Crippen molar-refractivity contribution in [1.29, 1.82) is 0 Å². The van der Waals surface area contributed by atoms with Gasteiger partial charge in [0.15, 0.2) is 11.8 Å². The maximum Gasteiger partial charge on any atom is 0.387 e. The number of nitrogens with zero attached hydrogens (tertiary/aromatic N) is 4. The van der Waals surface area contributed by atoms with E-state index in [4.69, 9.17) is 4.52 Å². The predicted octanol–water partition coefficient (Wildman–Crippen LogP) is 3.40. The van der Waals surface area contributed by atoms with Gasteiger partial charge in [0.05, 0.1) is 5.69 Å².